The number of fused-ring (bicyclic) bond motifs is 6. The van der Waals surface area contributed by atoms with Crippen LogP contribution in [0.5, 0.6) is 11.5 Å². The summed E-state index contributed by atoms with van der Waals surface area (Å²) < 4.78 is 12.8. The number of thioether (sulfide) groups is 1. The van der Waals surface area contributed by atoms with Crippen molar-refractivity contribution >= 4 is 50.6 Å². The second kappa shape index (κ2) is 8.42. The normalized spacial score (nSPS) is 17.0. The molecule has 1 aliphatic heterocycles. The molecule has 10 heteroatoms. The molecule has 3 aromatic heterocycles. The van der Waals surface area contributed by atoms with Crippen LogP contribution in [0.2, 0.25) is 0 Å². The van der Waals surface area contributed by atoms with Crippen LogP contribution in [-0.4, -0.2) is 38.0 Å². The first-order valence-electron chi connectivity index (χ1n) is 11.5. The van der Waals surface area contributed by atoms with Crippen LogP contribution in [0, 0.1) is 5.92 Å². The molecular weight excluding hydrogens is 470 g/mol. The molecule has 1 atom stereocenters. The number of anilines is 1. The number of ether oxygens (including phenoxy) is 2. The fraction of sp³-hybridized carbons (Fsp3) is 0.417. The Bertz CT molecular complexity index is 1430. The third kappa shape index (κ3) is 3.69. The molecule has 1 amide bonds. The highest BCUT2D eigenvalue weighted by Crippen LogP contribution is 2.40. The minimum atomic E-state index is -0.123. The SMILES string of the molecule is CC1CCc2c(sc3nc(C(C)C)n4c(SCC(=O)Nc5ccc6c(c5)OCO6)nnc4c23)C1. The number of thiophene rings is 1. The van der Waals surface area contributed by atoms with Gasteiger partial charge in [0.25, 0.3) is 0 Å². The second-order valence-corrected chi connectivity index (χ2v) is 11.2. The minimum Gasteiger partial charge on any atom is -0.454 e. The number of rotatable bonds is 5. The summed E-state index contributed by atoms with van der Waals surface area (Å²) in [6, 6.07) is 5.38. The standard InChI is InChI=1S/C24H25N5O3S2/c1-12(2)21-26-23-20(15-6-4-13(3)8-18(15)34-23)22-27-28-24(29(21)22)33-10-19(30)25-14-5-7-16-17(9-14)32-11-31-16/h5,7,9,12-13H,4,6,8,10-11H2,1-3H3,(H,25,30). The van der Waals surface area contributed by atoms with Crippen LogP contribution in [-0.2, 0) is 17.6 Å². The van der Waals surface area contributed by atoms with Gasteiger partial charge in [-0.3, -0.25) is 9.20 Å². The maximum Gasteiger partial charge on any atom is 0.234 e. The van der Waals surface area contributed by atoms with E-state index in [9.17, 15) is 4.79 Å². The summed E-state index contributed by atoms with van der Waals surface area (Å²) >= 11 is 3.18. The van der Waals surface area contributed by atoms with Gasteiger partial charge in [-0.05, 0) is 42.9 Å². The number of aromatic nitrogens is 4. The van der Waals surface area contributed by atoms with Gasteiger partial charge in [-0.25, -0.2) is 4.98 Å². The molecule has 1 aromatic carbocycles. The van der Waals surface area contributed by atoms with Gasteiger partial charge in [0.15, 0.2) is 22.3 Å². The third-order valence-corrected chi connectivity index (χ3v) is 8.38. The van der Waals surface area contributed by atoms with Crippen LogP contribution < -0.4 is 14.8 Å². The van der Waals surface area contributed by atoms with Crippen molar-refractivity contribution in [3.8, 4) is 11.5 Å². The highest BCUT2D eigenvalue weighted by molar-refractivity contribution is 7.99. The summed E-state index contributed by atoms with van der Waals surface area (Å²) in [7, 11) is 0. The first kappa shape index (κ1) is 21.7. The summed E-state index contributed by atoms with van der Waals surface area (Å²) in [4.78, 5) is 20.2. The van der Waals surface area contributed by atoms with Crippen molar-refractivity contribution in [1.29, 1.82) is 0 Å². The van der Waals surface area contributed by atoms with Gasteiger partial charge in [0.2, 0.25) is 12.7 Å². The smallest absolute Gasteiger partial charge is 0.234 e. The molecule has 0 radical (unpaired) electrons. The Morgan fingerprint density at radius 1 is 1.29 bits per heavy atom. The third-order valence-electron chi connectivity index (χ3n) is 6.30. The molecule has 8 nitrogen and oxygen atoms in total. The van der Waals surface area contributed by atoms with Crippen LogP contribution in [0.4, 0.5) is 5.69 Å². The van der Waals surface area contributed by atoms with E-state index >= 15 is 0 Å². The minimum absolute atomic E-state index is 0.123. The molecule has 1 N–H and O–H groups in total. The molecule has 0 saturated carbocycles. The number of benzene rings is 1. The van der Waals surface area contributed by atoms with Gasteiger partial charge in [-0.2, -0.15) is 0 Å². The summed E-state index contributed by atoms with van der Waals surface area (Å²) in [6.07, 6.45) is 3.35. The van der Waals surface area contributed by atoms with Crippen molar-refractivity contribution in [1.82, 2.24) is 19.6 Å². The molecule has 34 heavy (non-hydrogen) atoms. The van der Waals surface area contributed by atoms with E-state index in [1.165, 1.54) is 28.6 Å². The lowest BCUT2D eigenvalue weighted by molar-refractivity contribution is -0.113. The van der Waals surface area contributed by atoms with Gasteiger partial charge in [0.1, 0.15) is 10.7 Å². The number of carbonyl (C=O) groups is 1. The molecule has 0 bridgehead atoms. The molecule has 0 spiro atoms. The van der Waals surface area contributed by atoms with E-state index in [4.69, 9.17) is 14.5 Å². The fourth-order valence-electron chi connectivity index (χ4n) is 4.62. The van der Waals surface area contributed by atoms with Crippen molar-refractivity contribution < 1.29 is 14.3 Å². The van der Waals surface area contributed by atoms with E-state index in [0.29, 0.717) is 28.3 Å². The van der Waals surface area contributed by atoms with Crippen molar-refractivity contribution in [2.45, 2.75) is 51.1 Å². The second-order valence-electron chi connectivity index (χ2n) is 9.20. The number of nitrogens with zero attached hydrogens (tertiary/aromatic N) is 4. The molecule has 176 valence electrons. The predicted octanol–water partition coefficient (Wildman–Crippen LogP) is 5.05. The van der Waals surface area contributed by atoms with Gasteiger partial charge >= 0.3 is 0 Å². The summed E-state index contributed by atoms with van der Waals surface area (Å²) in [5.74, 6) is 3.24. The molecule has 0 fully saturated rings. The maximum atomic E-state index is 12.7. The zero-order valence-corrected chi connectivity index (χ0v) is 20.9. The van der Waals surface area contributed by atoms with E-state index in [2.05, 4.69) is 40.7 Å². The van der Waals surface area contributed by atoms with E-state index in [0.717, 1.165) is 34.5 Å². The molecule has 0 saturated heterocycles. The Morgan fingerprint density at radius 3 is 3.00 bits per heavy atom. The average molecular weight is 496 g/mol. The van der Waals surface area contributed by atoms with Crippen molar-refractivity contribution in [3.05, 3.63) is 34.5 Å². The first-order chi connectivity index (χ1) is 16.5. The molecule has 6 rings (SSSR count). The Morgan fingerprint density at radius 2 is 2.15 bits per heavy atom. The van der Waals surface area contributed by atoms with Gasteiger partial charge in [0, 0.05) is 22.5 Å². The Balaban J connectivity index is 1.29. The van der Waals surface area contributed by atoms with Crippen molar-refractivity contribution in [2.24, 2.45) is 5.92 Å². The number of aryl methyl sites for hydroxylation is 1. The van der Waals surface area contributed by atoms with E-state index < -0.39 is 0 Å². The molecule has 4 aromatic rings. The largest absolute Gasteiger partial charge is 0.454 e. The lowest BCUT2D eigenvalue weighted by atomic mass is 9.89. The Kier molecular flexibility index (Phi) is 5.37. The Hall–Kier alpha value is -2.85. The van der Waals surface area contributed by atoms with Crippen molar-refractivity contribution in [2.75, 3.05) is 17.9 Å². The highest BCUT2D eigenvalue weighted by atomic mass is 32.2. The van der Waals surface area contributed by atoms with Crippen LogP contribution in [0.25, 0.3) is 15.9 Å². The van der Waals surface area contributed by atoms with E-state index in [1.54, 1.807) is 29.5 Å². The lowest BCUT2D eigenvalue weighted by Crippen LogP contribution is -2.14. The monoisotopic (exact) mass is 495 g/mol. The number of nitrogens with one attached hydrogen (secondary N) is 1. The van der Waals surface area contributed by atoms with Gasteiger partial charge < -0.3 is 14.8 Å². The lowest BCUT2D eigenvalue weighted by Gasteiger charge is -2.17. The molecule has 1 aliphatic carbocycles. The first-order valence-corrected chi connectivity index (χ1v) is 13.3. The highest BCUT2D eigenvalue weighted by Gasteiger charge is 2.26. The summed E-state index contributed by atoms with van der Waals surface area (Å²) in [5, 5.41) is 13.8. The number of amides is 1. The molecular formula is C24H25N5O3S2. The molecule has 4 heterocycles. The van der Waals surface area contributed by atoms with E-state index in [-0.39, 0.29) is 24.4 Å². The van der Waals surface area contributed by atoms with Crippen LogP contribution >= 0.6 is 23.1 Å². The topological polar surface area (TPSA) is 90.6 Å². The van der Waals surface area contributed by atoms with Gasteiger partial charge in [0.05, 0.1) is 11.1 Å². The van der Waals surface area contributed by atoms with Crippen molar-refractivity contribution in [3.63, 3.8) is 0 Å². The number of hydrogen-bond acceptors (Lipinski definition) is 8. The summed E-state index contributed by atoms with van der Waals surface area (Å²) in [5.41, 5.74) is 2.92. The maximum absolute atomic E-state index is 12.7. The van der Waals surface area contributed by atoms with E-state index in [1.807, 2.05) is 0 Å². The number of hydrogen-bond donors (Lipinski definition) is 1. The van der Waals surface area contributed by atoms with Gasteiger partial charge in [-0.15, -0.1) is 21.5 Å². The predicted molar refractivity (Wildman–Crippen MR) is 133 cm³/mol. The summed E-state index contributed by atoms with van der Waals surface area (Å²) in [6.45, 7) is 6.78. The quantitative estimate of drug-likeness (QED) is 0.388. The fourth-order valence-corrected chi connectivity index (χ4v) is 6.74. The Labute approximate surface area is 205 Å². The average Bonchev–Trinajstić information content (AvgIpc) is 3.52. The van der Waals surface area contributed by atoms with Crippen LogP contribution in [0.1, 0.15) is 49.4 Å². The van der Waals surface area contributed by atoms with Crippen LogP contribution in [0.3, 0.4) is 0 Å². The van der Waals surface area contributed by atoms with Crippen LogP contribution in [0.15, 0.2) is 23.4 Å². The number of carbonyl (C=O) groups excluding carboxylic acids is 1. The molecule has 2 aliphatic rings. The molecule has 1 unspecified atom stereocenters. The zero-order chi connectivity index (χ0) is 23.4. The zero-order valence-electron chi connectivity index (χ0n) is 19.3. The van der Waals surface area contributed by atoms with Gasteiger partial charge in [-0.1, -0.05) is 32.5 Å².